The lowest BCUT2D eigenvalue weighted by Gasteiger charge is -2.30. The highest BCUT2D eigenvalue weighted by Crippen LogP contribution is 2.25. The van der Waals surface area contributed by atoms with E-state index in [4.69, 9.17) is 0 Å². The molecule has 1 atom stereocenters. The minimum Gasteiger partial charge on any atom is -0.505 e. The van der Waals surface area contributed by atoms with E-state index in [1.807, 2.05) is 0 Å². The van der Waals surface area contributed by atoms with Crippen LogP contribution < -0.4 is 5.32 Å². The number of nitrogens with one attached hydrogen (secondary N) is 1. The summed E-state index contributed by atoms with van der Waals surface area (Å²) in [7, 11) is 0. The smallest absolute Gasteiger partial charge is 0.251 e. The monoisotopic (exact) mass is 356 g/mol. The van der Waals surface area contributed by atoms with Crippen molar-refractivity contribution in [2.24, 2.45) is 5.92 Å². The van der Waals surface area contributed by atoms with Gasteiger partial charge in [-0.15, -0.1) is 0 Å². The number of carbonyl (C=O) groups is 1. The van der Waals surface area contributed by atoms with Crippen LogP contribution in [0.25, 0.3) is 11.1 Å². The van der Waals surface area contributed by atoms with Gasteiger partial charge in [0.15, 0.2) is 11.6 Å². The molecule has 0 unspecified atom stereocenters. The molecule has 0 bridgehead atoms. The lowest BCUT2D eigenvalue weighted by molar-refractivity contribution is 0.0944. The van der Waals surface area contributed by atoms with E-state index in [0.717, 1.165) is 31.1 Å². The molecule has 1 aliphatic heterocycles. The number of rotatable bonds is 5. The number of carbonyl (C=O) groups excluding carboxylic acids is 1. The van der Waals surface area contributed by atoms with Crippen LogP contribution >= 0.6 is 0 Å². The maximum atomic E-state index is 13.5. The third-order valence-corrected chi connectivity index (χ3v) is 4.88. The first-order valence-corrected chi connectivity index (χ1v) is 9.12. The van der Waals surface area contributed by atoms with Gasteiger partial charge < -0.3 is 15.3 Å². The molecule has 2 aromatic rings. The molecule has 26 heavy (non-hydrogen) atoms. The second-order valence-electron chi connectivity index (χ2n) is 7.05. The Morgan fingerprint density at radius 2 is 1.96 bits per heavy atom. The molecule has 1 aliphatic rings. The molecule has 4 nitrogen and oxygen atoms in total. The summed E-state index contributed by atoms with van der Waals surface area (Å²) in [5.41, 5.74) is 2.04. The molecular formula is C21H25FN2O2. The summed E-state index contributed by atoms with van der Waals surface area (Å²) in [5.74, 6) is -0.389. The van der Waals surface area contributed by atoms with Crippen LogP contribution in [0.4, 0.5) is 4.39 Å². The number of nitrogens with zero attached hydrogens (tertiary/aromatic N) is 1. The Labute approximate surface area is 153 Å². The summed E-state index contributed by atoms with van der Waals surface area (Å²) in [5, 5.41) is 12.2. The molecule has 138 valence electrons. The van der Waals surface area contributed by atoms with Gasteiger partial charge >= 0.3 is 0 Å². The number of likely N-dealkylation sites (tertiary alicyclic amines) is 1. The highest BCUT2D eigenvalue weighted by molar-refractivity contribution is 5.94. The molecule has 1 heterocycles. The Morgan fingerprint density at radius 3 is 2.65 bits per heavy atom. The first kappa shape index (κ1) is 18.4. The number of phenolic OH excluding ortho intramolecular Hbond substituents is 1. The Morgan fingerprint density at radius 1 is 1.23 bits per heavy atom. The summed E-state index contributed by atoms with van der Waals surface area (Å²) >= 11 is 0. The van der Waals surface area contributed by atoms with Crippen molar-refractivity contribution < 1.29 is 14.3 Å². The fourth-order valence-corrected chi connectivity index (χ4v) is 3.42. The summed E-state index contributed by atoms with van der Waals surface area (Å²) < 4.78 is 13.5. The normalized spacial score (nSPS) is 17.8. The van der Waals surface area contributed by atoms with E-state index in [-0.39, 0.29) is 11.7 Å². The first-order chi connectivity index (χ1) is 12.5. The lowest BCUT2D eigenvalue weighted by Crippen LogP contribution is -2.40. The average molecular weight is 356 g/mol. The molecule has 5 heteroatoms. The minimum atomic E-state index is -0.656. The van der Waals surface area contributed by atoms with Crippen molar-refractivity contribution in [2.75, 3.05) is 26.2 Å². The Balaban J connectivity index is 1.54. The summed E-state index contributed by atoms with van der Waals surface area (Å²) in [6.07, 6.45) is 2.52. The Kier molecular flexibility index (Phi) is 5.89. The third kappa shape index (κ3) is 4.61. The number of hydrogen-bond acceptors (Lipinski definition) is 3. The van der Waals surface area contributed by atoms with Crippen molar-refractivity contribution in [3.63, 3.8) is 0 Å². The third-order valence-electron chi connectivity index (χ3n) is 4.88. The maximum absolute atomic E-state index is 13.5. The molecule has 0 aromatic heterocycles. The fraction of sp³-hybridized carbons (Fsp3) is 0.381. The molecule has 1 fully saturated rings. The van der Waals surface area contributed by atoms with Crippen LogP contribution in [0.3, 0.4) is 0 Å². The van der Waals surface area contributed by atoms with Crippen LogP contribution in [0.15, 0.2) is 42.5 Å². The second-order valence-corrected chi connectivity index (χ2v) is 7.05. The molecule has 0 aliphatic carbocycles. The van der Waals surface area contributed by atoms with Crippen molar-refractivity contribution in [1.29, 1.82) is 0 Å². The zero-order chi connectivity index (χ0) is 18.5. The second kappa shape index (κ2) is 8.32. The molecule has 2 N–H and O–H groups in total. The number of hydrogen-bond donors (Lipinski definition) is 2. The average Bonchev–Trinajstić information content (AvgIpc) is 2.64. The SMILES string of the molecule is C[C@H]1CCCN(CCNC(=O)c2ccc(-c3ccc(O)c(F)c3)cc2)C1. The number of halogens is 1. The van der Waals surface area contributed by atoms with Crippen LogP contribution in [0.5, 0.6) is 5.75 Å². The lowest BCUT2D eigenvalue weighted by atomic mass is 10.0. The van der Waals surface area contributed by atoms with E-state index >= 15 is 0 Å². The van der Waals surface area contributed by atoms with Crippen LogP contribution in [-0.4, -0.2) is 42.1 Å². The van der Waals surface area contributed by atoms with Gasteiger partial charge in [-0.3, -0.25) is 4.79 Å². The van der Waals surface area contributed by atoms with Crippen LogP contribution in [0.2, 0.25) is 0 Å². The first-order valence-electron chi connectivity index (χ1n) is 9.12. The van der Waals surface area contributed by atoms with Crippen molar-refractivity contribution in [3.8, 4) is 16.9 Å². The number of benzene rings is 2. The fourth-order valence-electron chi connectivity index (χ4n) is 3.42. The Hall–Kier alpha value is -2.40. The molecule has 1 amide bonds. The van der Waals surface area contributed by atoms with E-state index in [9.17, 15) is 14.3 Å². The summed E-state index contributed by atoms with van der Waals surface area (Å²) in [6, 6.07) is 11.3. The predicted molar refractivity (Wildman–Crippen MR) is 101 cm³/mol. The van der Waals surface area contributed by atoms with Gasteiger partial charge in [-0.1, -0.05) is 25.1 Å². The predicted octanol–water partition coefficient (Wildman–Crippen LogP) is 3.66. The molecule has 1 saturated heterocycles. The van der Waals surface area contributed by atoms with Crippen LogP contribution in [-0.2, 0) is 0 Å². The molecule has 0 radical (unpaired) electrons. The van der Waals surface area contributed by atoms with E-state index in [2.05, 4.69) is 17.1 Å². The standard InChI is InChI=1S/C21H25FN2O2/c1-15-3-2-11-24(14-15)12-10-23-21(26)17-6-4-16(5-7-17)18-8-9-20(25)19(22)13-18/h4-9,13,15,25H,2-3,10-12,14H2,1H3,(H,23,26)/t15-/m0/s1. The maximum Gasteiger partial charge on any atom is 0.251 e. The number of phenols is 1. The van der Waals surface area contributed by atoms with Crippen molar-refractivity contribution in [1.82, 2.24) is 10.2 Å². The van der Waals surface area contributed by atoms with Crippen LogP contribution in [0.1, 0.15) is 30.1 Å². The Bertz CT molecular complexity index is 761. The van der Waals surface area contributed by atoms with Gasteiger partial charge in [0.2, 0.25) is 0 Å². The molecule has 0 saturated carbocycles. The summed E-state index contributed by atoms with van der Waals surface area (Å²) in [6.45, 7) is 6.00. The quantitative estimate of drug-likeness (QED) is 0.860. The molecule has 3 rings (SSSR count). The van der Waals surface area contributed by atoms with Gasteiger partial charge in [0.1, 0.15) is 0 Å². The van der Waals surface area contributed by atoms with Crippen molar-refractivity contribution in [2.45, 2.75) is 19.8 Å². The number of amides is 1. The van der Waals surface area contributed by atoms with Crippen molar-refractivity contribution >= 4 is 5.91 Å². The highest BCUT2D eigenvalue weighted by Gasteiger charge is 2.16. The van der Waals surface area contributed by atoms with Gasteiger partial charge in [0, 0.05) is 25.2 Å². The van der Waals surface area contributed by atoms with Gasteiger partial charge in [0.05, 0.1) is 0 Å². The number of aromatic hydroxyl groups is 1. The van der Waals surface area contributed by atoms with Crippen molar-refractivity contribution in [3.05, 3.63) is 53.8 Å². The molecule has 0 spiro atoms. The largest absolute Gasteiger partial charge is 0.505 e. The zero-order valence-corrected chi connectivity index (χ0v) is 15.0. The summed E-state index contributed by atoms with van der Waals surface area (Å²) in [4.78, 5) is 14.7. The van der Waals surface area contributed by atoms with Gasteiger partial charge in [-0.25, -0.2) is 4.39 Å². The van der Waals surface area contributed by atoms with Gasteiger partial charge in [-0.05, 0) is 60.7 Å². The number of piperidine rings is 1. The topological polar surface area (TPSA) is 52.6 Å². The van der Waals surface area contributed by atoms with Gasteiger partial charge in [-0.2, -0.15) is 0 Å². The van der Waals surface area contributed by atoms with Crippen LogP contribution in [0, 0.1) is 11.7 Å². The van der Waals surface area contributed by atoms with E-state index in [1.54, 1.807) is 30.3 Å². The highest BCUT2D eigenvalue weighted by atomic mass is 19.1. The molecular weight excluding hydrogens is 331 g/mol. The van der Waals surface area contributed by atoms with Gasteiger partial charge in [0.25, 0.3) is 5.91 Å². The minimum absolute atomic E-state index is 0.0986. The van der Waals surface area contributed by atoms with E-state index in [0.29, 0.717) is 17.7 Å². The van der Waals surface area contributed by atoms with E-state index < -0.39 is 5.82 Å². The zero-order valence-electron chi connectivity index (χ0n) is 15.0. The van der Waals surface area contributed by atoms with E-state index in [1.165, 1.54) is 25.0 Å². The molecule has 2 aromatic carbocycles.